The highest BCUT2D eigenvalue weighted by molar-refractivity contribution is 5.84. The van der Waals surface area contributed by atoms with Crippen molar-refractivity contribution in [3.05, 3.63) is 47.8 Å². The number of hydrogen-bond acceptors (Lipinski definition) is 5. The number of pyridine rings is 1. The number of nitrogens with zero attached hydrogens (tertiary/aromatic N) is 1. The van der Waals surface area contributed by atoms with E-state index in [9.17, 15) is 9.59 Å². The summed E-state index contributed by atoms with van der Waals surface area (Å²) >= 11 is 0. The summed E-state index contributed by atoms with van der Waals surface area (Å²) in [6, 6.07) is 3.27. The van der Waals surface area contributed by atoms with Gasteiger partial charge < -0.3 is 16.2 Å². The molecule has 0 bridgehead atoms. The summed E-state index contributed by atoms with van der Waals surface area (Å²) in [4.78, 5) is 27.8. The third kappa shape index (κ3) is 3.80. The van der Waals surface area contributed by atoms with Crippen LogP contribution in [0.4, 0.5) is 0 Å². The number of rotatable bonds is 5. The van der Waals surface area contributed by atoms with Gasteiger partial charge in [0.25, 0.3) is 0 Å². The minimum absolute atomic E-state index is 0.165. The molecule has 7 atom stereocenters. The van der Waals surface area contributed by atoms with Crippen LogP contribution in [-0.4, -0.2) is 29.0 Å². The van der Waals surface area contributed by atoms with Crippen LogP contribution in [0, 0.1) is 28.6 Å². The van der Waals surface area contributed by atoms with E-state index in [1.54, 1.807) is 0 Å². The predicted octanol–water partition coefficient (Wildman–Crippen LogP) is 4.15. The maximum Gasteiger partial charge on any atom is 0.323 e. The third-order valence-corrected chi connectivity index (χ3v) is 9.62. The number of amides is 1. The molecule has 2 fully saturated rings. The number of esters is 1. The SMILES string of the molecule is C[C@]12CC[C@H](OC(=O)C(N)CC(N)=O)CC1=CC[C@@H]1[C@@H]2CC[C@]2(C)C(c3cccnc3)=CC[C@@H]12. The summed E-state index contributed by atoms with van der Waals surface area (Å²) in [5.41, 5.74) is 15.6. The predicted molar refractivity (Wildman–Crippen MR) is 131 cm³/mol. The molecule has 182 valence electrons. The molecule has 0 radical (unpaired) electrons. The second kappa shape index (κ2) is 8.63. The fourth-order valence-electron chi connectivity index (χ4n) is 7.82. The van der Waals surface area contributed by atoms with Gasteiger partial charge in [0.05, 0.1) is 6.42 Å². The van der Waals surface area contributed by atoms with Crippen LogP contribution in [-0.2, 0) is 14.3 Å². The molecular weight excluding hydrogens is 426 g/mol. The Balaban J connectivity index is 1.31. The summed E-state index contributed by atoms with van der Waals surface area (Å²) in [5.74, 6) is 0.912. The average molecular weight is 464 g/mol. The van der Waals surface area contributed by atoms with Gasteiger partial charge in [0.15, 0.2) is 0 Å². The Morgan fingerprint density at radius 3 is 2.68 bits per heavy atom. The highest BCUT2D eigenvalue weighted by atomic mass is 16.5. The lowest BCUT2D eigenvalue weighted by Crippen LogP contribution is -2.50. The largest absolute Gasteiger partial charge is 0.461 e. The van der Waals surface area contributed by atoms with Gasteiger partial charge in [-0.25, -0.2) is 0 Å². The van der Waals surface area contributed by atoms with Gasteiger partial charge >= 0.3 is 5.97 Å². The maximum atomic E-state index is 12.3. The summed E-state index contributed by atoms with van der Waals surface area (Å²) in [7, 11) is 0. The van der Waals surface area contributed by atoms with Gasteiger partial charge in [0.2, 0.25) is 5.91 Å². The van der Waals surface area contributed by atoms with Crippen molar-refractivity contribution >= 4 is 17.4 Å². The number of aromatic nitrogens is 1. The van der Waals surface area contributed by atoms with Crippen molar-refractivity contribution in [2.24, 2.45) is 40.1 Å². The van der Waals surface area contributed by atoms with Gasteiger partial charge in [-0.3, -0.25) is 14.6 Å². The van der Waals surface area contributed by atoms with Gasteiger partial charge in [0.1, 0.15) is 12.1 Å². The lowest BCUT2D eigenvalue weighted by atomic mass is 9.47. The Bertz CT molecular complexity index is 1030. The smallest absolute Gasteiger partial charge is 0.323 e. The van der Waals surface area contributed by atoms with E-state index >= 15 is 0 Å². The highest BCUT2D eigenvalue weighted by Crippen LogP contribution is 2.66. The minimum atomic E-state index is -0.976. The van der Waals surface area contributed by atoms with Crippen LogP contribution in [0.5, 0.6) is 0 Å². The Morgan fingerprint density at radius 2 is 1.94 bits per heavy atom. The molecule has 4 N–H and O–H groups in total. The van der Waals surface area contributed by atoms with Crippen molar-refractivity contribution in [2.45, 2.75) is 77.4 Å². The van der Waals surface area contributed by atoms with Crippen molar-refractivity contribution in [3.8, 4) is 0 Å². The molecule has 1 heterocycles. The second-order valence-electron chi connectivity index (χ2n) is 11.4. The Kier molecular flexibility index (Phi) is 5.91. The fraction of sp³-hybridized carbons (Fsp3) is 0.607. The molecule has 0 aliphatic heterocycles. The molecule has 0 spiro atoms. The van der Waals surface area contributed by atoms with E-state index in [0.29, 0.717) is 17.8 Å². The van der Waals surface area contributed by atoms with Crippen LogP contribution in [0.2, 0.25) is 0 Å². The number of carbonyl (C=O) groups excluding carboxylic acids is 2. The topological polar surface area (TPSA) is 108 Å². The van der Waals surface area contributed by atoms with Crippen molar-refractivity contribution in [3.63, 3.8) is 0 Å². The summed E-state index contributed by atoms with van der Waals surface area (Å²) in [5, 5.41) is 0. The van der Waals surface area contributed by atoms with E-state index < -0.39 is 17.9 Å². The molecule has 1 amide bonds. The maximum absolute atomic E-state index is 12.3. The Morgan fingerprint density at radius 1 is 1.15 bits per heavy atom. The van der Waals surface area contributed by atoms with Gasteiger partial charge in [-0.2, -0.15) is 0 Å². The van der Waals surface area contributed by atoms with Gasteiger partial charge in [-0.05, 0) is 84.3 Å². The number of primary amides is 1. The molecule has 5 rings (SSSR count). The first-order valence-corrected chi connectivity index (χ1v) is 12.8. The molecule has 4 aliphatic carbocycles. The molecule has 6 nitrogen and oxygen atoms in total. The quantitative estimate of drug-likeness (QED) is 0.504. The highest BCUT2D eigenvalue weighted by Gasteiger charge is 2.57. The van der Waals surface area contributed by atoms with Crippen molar-refractivity contribution in [1.29, 1.82) is 0 Å². The number of carbonyl (C=O) groups is 2. The number of nitrogens with two attached hydrogens (primary N) is 2. The molecule has 1 unspecified atom stereocenters. The molecule has 1 aromatic rings. The van der Waals surface area contributed by atoms with E-state index in [2.05, 4.69) is 37.0 Å². The van der Waals surface area contributed by atoms with E-state index in [-0.39, 0.29) is 23.4 Å². The number of ether oxygens (including phenoxy) is 1. The van der Waals surface area contributed by atoms with Gasteiger partial charge in [-0.1, -0.05) is 37.6 Å². The zero-order chi connectivity index (χ0) is 24.1. The van der Waals surface area contributed by atoms with Crippen LogP contribution >= 0.6 is 0 Å². The fourth-order valence-corrected chi connectivity index (χ4v) is 7.82. The van der Waals surface area contributed by atoms with Crippen LogP contribution < -0.4 is 11.5 Å². The van der Waals surface area contributed by atoms with Gasteiger partial charge in [-0.15, -0.1) is 0 Å². The summed E-state index contributed by atoms with van der Waals surface area (Å²) in [6.45, 7) is 4.92. The monoisotopic (exact) mass is 463 g/mol. The van der Waals surface area contributed by atoms with E-state index in [1.807, 2.05) is 18.5 Å². The first-order valence-electron chi connectivity index (χ1n) is 12.8. The second-order valence-corrected chi connectivity index (χ2v) is 11.4. The average Bonchev–Trinajstić information content (AvgIpc) is 3.16. The standard InChI is InChI=1S/C28H37N3O3/c1-27-11-9-19(34-26(33)24(29)15-25(30)32)14-18(27)5-6-20-22-8-7-21(17-4-3-13-31-16-17)28(22,2)12-10-23(20)27/h3-5,7,13,16,19-20,22-24H,6,8-12,14-15,29H2,1-2H3,(H2,30,32)/t19-,20-,22-,23-,24?,27-,28+/m0/s1. The summed E-state index contributed by atoms with van der Waals surface area (Å²) in [6.07, 6.45) is 15.8. The van der Waals surface area contributed by atoms with Crippen LogP contribution in [0.1, 0.15) is 70.8 Å². The van der Waals surface area contributed by atoms with E-state index in [1.165, 1.54) is 29.6 Å². The minimum Gasteiger partial charge on any atom is -0.461 e. The van der Waals surface area contributed by atoms with Crippen LogP contribution in [0.3, 0.4) is 0 Å². The number of allylic oxidation sites excluding steroid dienone is 3. The molecule has 6 heteroatoms. The van der Waals surface area contributed by atoms with Crippen LogP contribution in [0.15, 0.2) is 42.3 Å². The molecule has 34 heavy (non-hydrogen) atoms. The third-order valence-electron chi connectivity index (χ3n) is 9.62. The molecule has 0 saturated heterocycles. The molecule has 4 aliphatic rings. The zero-order valence-electron chi connectivity index (χ0n) is 20.3. The van der Waals surface area contributed by atoms with Crippen molar-refractivity contribution < 1.29 is 14.3 Å². The van der Waals surface area contributed by atoms with E-state index in [4.69, 9.17) is 16.2 Å². The van der Waals surface area contributed by atoms with Crippen LogP contribution in [0.25, 0.3) is 5.57 Å². The first-order chi connectivity index (χ1) is 16.2. The normalized spacial score (nSPS) is 37.4. The lowest BCUT2D eigenvalue weighted by molar-refractivity contribution is -0.154. The van der Waals surface area contributed by atoms with Gasteiger partial charge in [0, 0.05) is 18.8 Å². The molecule has 2 saturated carbocycles. The molecular formula is C28H37N3O3. The first kappa shape index (κ1) is 23.3. The summed E-state index contributed by atoms with van der Waals surface area (Å²) < 4.78 is 5.71. The van der Waals surface area contributed by atoms with E-state index in [0.717, 1.165) is 32.1 Å². The Labute approximate surface area is 202 Å². The lowest BCUT2D eigenvalue weighted by Gasteiger charge is -2.57. The number of hydrogen-bond donors (Lipinski definition) is 2. The van der Waals surface area contributed by atoms with Crippen molar-refractivity contribution in [1.82, 2.24) is 4.98 Å². The molecule has 1 aromatic heterocycles. The zero-order valence-corrected chi connectivity index (χ0v) is 20.3. The Hall–Kier alpha value is -2.47. The number of fused-ring (bicyclic) bond motifs is 5. The van der Waals surface area contributed by atoms with Crippen molar-refractivity contribution in [2.75, 3.05) is 0 Å². The molecule has 0 aromatic carbocycles.